The smallest absolute Gasteiger partial charge is 0.240 e. The second kappa shape index (κ2) is 7.10. The third-order valence-electron chi connectivity index (χ3n) is 3.29. The highest BCUT2D eigenvalue weighted by Crippen LogP contribution is 2.18. The minimum absolute atomic E-state index is 0.0377. The maximum Gasteiger partial charge on any atom is 0.240 e. The molecule has 1 rings (SSSR count). The van der Waals surface area contributed by atoms with E-state index in [1.54, 1.807) is 0 Å². The molecule has 1 fully saturated rings. The van der Waals surface area contributed by atoms with E-state index in [1.807, 2.05) is 25.7 Å². The van der Waals surface area contributed by atoms with Crippen LogP contribution < -0.4 is 5.32 Å². The van der Waals surface area contributed by atoms with Crippen molar-refractivity contribution in [3.05, 3.63) is 0 Å². The lowest BCUT2D eigenvalue weighted by Crippen LogP contribution is -2.41. The van der Waals surface area contributed by atoms with Gasteiger partial charge in [-0.2, -0.15) is 0 Å². The van der Waals surface area contributed by atoms with E-state index in [0.717, 1.165) is 26.0 Å². The van der Waals surface area contributed by atoms with E-state index in [1.165, 1.54) is 0 Å². The summed E-state index contributed by atoms with van der Waals surface area (Å²) in [5.74, 6) is 0.685. The lowest BCUT2D eigenvalue weighted by Gasteiger charge is -2.27. The van der Waals surface area contributed by atoms with E-state index in [2.05, 4.69) is 19.2 Å². The summed E-state index contributed by atoms with van der Waals surface area (Å²) in [7, 11) is 0. The van der Waals surface area contributed by atoms with Crippen molar-refractivity contribution in [1.29, 1.82) is 0 Å². The average Bonchev–Trinajstić information content (AvgIpc) is 2.56. The zero-order valence-electron chi connectivity index (χ0n) is 12.4. The molecule has 1 aliphatic rings. The van der Waals surface area contributed by atoms with Crippen LogP contribution in [0.3, 0.4) is 0 Å². The Morgan fingerprint density at radius 1 is 1.28 bits per heavy atom. The Morgan fingerprint density at radius 2 is 1.94 bits per heavy atom. The Labute approximate surface area is 111 Å². The SMILES string of the molecule is CC(C)OCCCCN1C(=O)C(C)NC1C(C)C. The first kappa shape index (κ1) is 15.4. The van der Waals surface area contributed by atoms with Crippen LogP contribution in [0.4, 0.5) is 0 Å². The summed E-state index contributed by atoms with van der Waals surface area (Å²) < 4.78 is 5.51. The topological polar surface area (TPSA) is 41.6 Å². The van der Waals surface area contributed by atoms with Crippen molar-refractivity contribution in [3.63, 3.8) is 0 Å². The van der Waals surface area contributed by atoms with Crippen LogP contribution in [-0.4, -0.2) is 42.3 Å². The van der Waals surface area contributed by atoms with Crippen LogP contribution in [0.25, 0.3) is 0 Å². The standard InChI is InChI=1S/C14H28N2O2/c1-10(2)13-15-12(5)14(17)16(13)8-6-7-9-18-11(3)4/h10-13,15H,6-9H2,1-5H3. The monoisotopic (exact) mass is 256 g/mol. The highest BCUT2D eigenvalue weighted by atomic mass is 16.5. The first-order chi connectivity index (χ1) is 8.43. The highest BCUT2D eigenvalue weighted by Gasteiger charge is 2.36. The van der Waals surface area contributed by atoms with Crippen LogP contribution in [0, 0.1) is 5.92 Å². The largest absolute Gasteiger partial charge is 0.379 e. The minimum atomic E-state index is -0.0377. The van der Waals surface area contributed by atoms with E-state index >= 15 is 0 Å². The zero-order chi connectivity index (χ0) is 13.7. The lowest BCUT2D eigenvalue weighted by molar-refractivity contribution is -0.130. The Kier molecular flexibility index (Phi) is 6.09. The number of hydrogen-bond acceptors (Lipinski definition) is 3. The summed E-state index contributed by atoms with van der Waals surface area (Å²) in [5, 5.41) is 3.36. The van der Waals surface area contributed by atoms with Crippen LogP contribution in [0.5, 0.6) is 0 Å². The molecule has 0 radical (unpaired) electrons. The molecule has 0 aliphatic carbocycles. The molecular formula is C14H28N2O2. The number of carbonyl (C=O) groups is 1. The number of rotatable bonds is 7. The second-order valence-corrected chi connectivity index (χ2v) is 5.74. The molecule has 1 heterocycles. The molecule has 1 saturated heterocycles. The van der Waals surface area contributed by atoms with Crippen LogP contribution >= 0.6 is 0 Å². The fourth-order valence-electron chi connectivity index (χ4n) is 2.31. The van der Waals surface area contributed by atoms with Crippen molar-refractivity contribution in [2.45, 2.75) is 65.8 Å². The van der Waals surface area contributed by atoms with Gasteiger partial charge in [-0.3, -0.25) is 10.1 Å². The molecule has 106 valence electrons. The van der Waals surface area contributed by atoms with Crippen LogP contribution in [0.2, 0.25) is 0 Å². The van der Waals surface area contributed by atoms with Crippen molar-refractivity contribution in [3.8, 4) is 0 Å². The first-order valence-electron chi connectivity index (χ1n) is 7.11. The molecule has 2 atom stereocenters. The number of nitrogens with one attached hydrogen (secondary N) is 1. The molecule has 2 unspecified atom stereocenters. The van der Waals surface area contributed by atoms with Crippen LogP contribution in [0.1, 0.15) is 47.5 Å². The van der Waals surface area contributed by atoms with E-state index in [0.29, 0.717) is 12.0 Å². The minimum Gasteiger partial charge on any atom is -0.379 e. The van der Waals surface area contributed by atoms with Crippen LogP contribution in [-0.2, 0) is 9.53 Å². The first-order valence-corrected chi connectivity index (χ1v) is 7.11. The van der Waals surface area contributed by atoms with E-state index < -0.39 is 0 Å². The van der Waals surface area contributed by atoms with E-state index in [-0.39, 0.29) is 18.1 Å². The van der Waals surface area contributed by atoms with Crippen molar-refractivity contribution in [2.24, 2.45) is 5.92 Å². The van der Waals surface area contributed by atoms with Gasteiger partial charge in [-0.1, -0.05) is 13.8 Å². The molecular weight excluding hydrogens is 228 g/mol. The summed E-state index contributed by atoms with van der Waals surface area (Å²) in [6.07, 6.45) is 2.51. The summed E-state index contributed by atoms with van der Waals surface area (Å²) in [6, 6.07) is -0.0377. The van der Waals surface area contributed by atoms with Crippen LogP contribution in [0.15, 0.2) is 0 Å². The van der Waals surface area contributed by atoms with Crippen molar-refractivity contribution < 1.29 is 9.53 Å². The molecule has 1 amide bonds. The van der Waals surface area contributed by atoms with E-state index in [4.69, 9.17) is 4.74 Å². The predicted octanol–water partition coefficient (Wildman–Crippen LogP) is 1.99. The summed E-state index contributed by atoms with van der Waals surface area (Å²) in [6.45, 7) is 12.0. The van der Waals surface area contributed by atoms with Gasteiger partial charge in [0.1, 0.15) is 0 Å². The molecule has 0 saturated carbocycles. The number of carbonyl (C=O) groups excluding carboxylic acids is 1. The zero-order valence-corrected chi connectivity index (χ0v) is 12.4. The van der Waals surface area contributed by atoms with Crippen molar-refractivity contribution in [1.82, 2.24) is 10.2 Å². The number of amides is 1. The fraction of sp³-hybridized carbons (Fsp3) is 0.929. The van der Waals surface area contributed by atoms with Gasteiger partial charge in [0.05, 0.1) is 18.3 Å². The summed E-state index contributed by atoms with van der Waals surface area (Å²) in [5.41, 5.74) is 0. The Balaban J connectivity index is 2.32. The predicted molar refractivity (Wildman–Crippen MR) is 73.3 cm³/mol. The molecule has 0 aromatic carbocycles. The Morgan fingerprint density at radius 3 is 2.50 bits per heavy atom. The van der Waals surface area contributed by atoms with Gasteiger partial charge >= 0.3 is 0 Å². The van der Waals surface area contributed by atoms with E-state index in [9.17, 15) is 4.79 Å². The molecule has 0 spiro atoms. The normalized spacial score (nSPS) is 24.6. The van der Waals surface area contributed by atoms with Gasteiger partial charge in [-0.15, -0.1) is 0 Å². The van der Waals surface area contributed by atoms with Gasteiger partial charge in [0.2, 0.25) is 5.91 Å². The third-order valence-corrected chi connectivity index (χ3v) is 3.29. The summed E-state index contributed by atoms with van der Waals surface area (Å²) >= 11 is 0. The molecule has 1 aliphatic heterocycles. The third kappa shape index (κ3) is 4.25. The van der Waals surface area contributed by atoms with Gasteiger partial charge in [0.25, 0.3) is 0 Å². The Bertz CT molecular complexity index is 267. The van der Waals surface area contributed by atoms with Gasteiger partial charge in [0, 0.05) is 13.2 Å². The van der Waals surface area contributed by atoms with Crippen molar-refractivity contribution >= 4 is 5.91 Å². The Hall–Kier alpha value is -0.610. The van der Waals surface area contributed by atoms with Gasteiger partial charge < -0.3 is 9.64 Å². The summed E-state index contributed by atoms with van der Waals surface area (Å²) in [4.78, 5) is 14.0. The average molecular weight is 256 g/mol. The van der Waals surface area contributed by atoms with Gasteiger partial charge in [-0.25, -0.2) is 0 Å². The number of hydrogen-bond donors (Lipinski definition) is 1. The molecule has 4 heteroatoms. The molecule has 0 aromatic rings. The highest BCUT2D eigenvalue weighted by molar-refractivity contribution is 5.83. The van der Waals surface area contributed by atoms with Gasteiger partial charge in [0.15, 0.2) is 0 Å². The molecule has 0 aromatic heterocycles. The molecule has 4 nitrogen and oxygen atoms in total. The molecule has 0 bridgehead atoms. The van der Waals surface area contributed by atoms with Gasteiger partial charge in [-0.05, 0) is 39.5 Å². The second-order valence-electron chi connectivity index (χ2n) is 5.74. The lowest BCUT2D eigenvalue weighted by atomic mass is 10.1. The molecule has 1 N–H and O–H groups in total. The number of unbranched alkanes of at least 4 members (excludes halogenated alkanes) is 1. The number of ether oxygens (including phenoxy) is 1. The maximum atomic E-state index is 12.0. The quantitative estimate of drug-likeness (QED) is 0.708. The number of nitrogens with zero attached hydrogens (tertiary/aromatic N) is 1. The molecule has 18 heavy (non-hydrogen) atoms. The van der Waals surface area contributed by atoms with Crippen molar-refractivity contribution in [2.75, 3.05) is 13.2 Å². The maximum absolute atomic E-state index is 12.0. The fourth-order valence-corrected chi connectivity index (χ4v) is 2.31.